The van der Waals surface area contributed by atoms with Gasteiger partial charge in [-0.2, -0.15) is 0 Å². The third-order valence-electron chi connectivity index (χ3n) is 11.8. The third-order valence-corrected chi connectivity index (χ3v) is 11.8. The Hall–Kier alpha value is -4.20. The van der Waals surface area contributed by atoms with Gasteiger partial charge in [0.1, 0.15) is 5.82 Å². The van der Waals surface area contributed by atoms with Gasteiger partial charge in [-0.15, -0.1) is 0 Å². The number of piperazine rings is 2. The van der Waals surface area contributed by atoms with E-state index in [1.807, 2.05) is 4.90 Å². The van der Waals surface area contributed by atoms with Crippen LogP contribution < -0.4 is 11.5 Å². The molecule has 1 aliphatic carbocycles. The molecule has 0 aromatic heterocycles. The van der Waals surface area contributed by atoms with Gasteiger partial charge in [0.2, 0.25) is 17.7 Å². The fourth-order valence-corrected chi connectivity index (χ4v) is 8.48. The first kappa shape index (κ1) is 38.5. The molecule has 0 bridgehead atoms. The number of halogens is 1. The predicted octanol–water partition coefficient (Wildman–Crippen LogP) is 2.58. The summed E-state index contributed by atoms with van der Waals surface area (Å²) in [6.45, 7) is 7.74. The third kappa shape index (κ3) is 9.68. The number of nitrogens with one attached hydrogen (secondary N) is 1. The molecule has 1 atom stereocenters. The standard InChI is InChI=1S/C40H55FN8O4/c41-34-11-10-29(25-35(42)31-8-4-5-9-32(31)38(44)51)24-33(34)39(52)48-22-20-47(21-23-48)36(50)27-45-14-12-28(13-15-45)26-46-16-18-49(19-17-46)40(53)37(43)30-6-2-1-3-7-30/h4-5,8-11,24,28,30,37,42H,1-3,6-7,12-23,25-27,43H2,(H2,44,51). The summed E-state index contributed by atoms with van der Waals surface area (Å²) in [7, 11) is 0. The van der Waals surface area contributed by atoms with Crippen molar-refractivity contribution < 1.29 is 23.6 Å². The number of piperidine rings is 1. The predicted molar refractivity (Wildman–Crippen MR) is 201 cm³/mol. The molecule has 3 saturated heterocycles. The van der Waals surface area contributed by atoms with Gasteiger partial charge in [0.05, 0.1) is 18.2 Å². The smallest absolute Gasteiger partial charge is 0.256 e. The van der Waals surface area contributed by atoms with Crippen molar-refractivity contribution in [1.29, 1.82) is 5.41 Å². The van der Waals surface area contributed by atoms with Gasteiger partial charge in [-0.05, 0) is 74.4 Å². The van der Waals surface area contributed by atoms with E-state index in [4.69, 9.17) is 16.9 Å². The van der Waals surface area contributed by atoms with Crippen LogP contribution in [0, 0.1) is 23.1 Å². The van der Waals surface area contributed by atoms with Crippen LogP contribution in [0.25, 0.3) is 0 Å². The molecule has 4 fully saturated rings. The second kappa shape index (κ2) is 17.7. The average molecular weight is 731 g/mol. The van der Waals surface area contributed by atoms with Crippen LogP contribution in [0.3, 0.4) is 0 Å². The Kier molecular flexibility index (Phi) is 12.9. The SMILES string of the molecule is N=C(Cc1ccc(F)c(C(=O)N2CCN(C(=O)CN3CCC(CN4CCN(C(=O)C(N)C5CCCCC5)CC4)CC3)CC2)c1)c1ccccc1C(N)=O. The Morgan fingerprint density at radius 1 is 0.736 bits per heavy atom. The van der Waals surface area contributed by atoms with Gasteiger partial charge in [-0.25, -0.2) is 4.39 Å². The van der Waals surface area contributed by atoms with Crippen LogP contribution in [0.1, 0.15) is 76.8 Å². The molecule has 3 heterocycles. The van der Waals surface area contributed by atoms with Crippen LogP contribution in [-0.2, 0) is 16.0 Å². The normalized spacial score (nSPS) is 20.3. The van der Waals surface area contributed by atoms with Gasteiger partial charge >= 0.3 is 0 Å². The lowest BCUT2D eigenvalue weighted by Gasteiger charge is -2.40. The van der Waals surface area contributed by atoms with Crippen LogP contribution >= 0.6 is 0 Å². The summed E-state index contributed by atoms with van der Waals surface area (Å²) >= 11 is 0. The molecular formula is C40H55FN8O4. The molecule has 0 spiro atoms. The number of carbonyl (C=O) groups is 4. The molecule has 6 rings (SSSR count). The summed E-state index contributed by atoms with van der Waals surface area (Å²) in [5.41, 5.74) is 13.2. The molecule has 53 heavy (non-hydrogen) atoms. The fourth-order valence-electron chi connectivity index (χ4n) is 8.48. The Morgan fingerprint density at radius 3 is 2.02 bits per heavy atom. The first-order valence-corrected chi connectivity index (χ1v) is 19.4. The molecule has 13 heteroatoms. The minimum Gasteiger partial charge on any atom is -0.366 e. The monoisotopic (exact) mass is 730 g/mol. The molecule has 3 aliphatic heterocycles. The number of likely N-dealkylation sites (tertiary alicyclic amines) is 1. The summed E-state index contributed by atoms with van der Waals surface area (Å²) in [6.07, 6.45) is 7.92. The number of hydrogen-bond acceptors (Lipinski definition) is 8. The highest BCUT2D eigenvalue weighted by Crippen LogP contribution is 2.27. The lowest BCUT2D eigenvalue weighted by molar-refractivity contribution is -0.136. The van der Waals surface area contributed by atoms with Crippen LogP contribution in [-0.4, -0.2) is 138 Å². The molecule has 4 amide bonds. The fraction of sp³-hybridized carbons (Fsp3) is 0.575. The van der Waals surface area contributed by atoms with Gasteiger partial charge in [0.25, 0.3) is 5.91 Å². The first-order valence-electron chi connectivity index (χ1n) is 19.4. The average Bonchev–Trinajstić information content (AvgIpc) is 3.19. The second-order valence-corrected chi connectivity index (χ2v) is 15.3. The molecule has 1 unspecified atom stereocenters. The minimum absolute atomic E-state index is 0.0469. The van der Waals surface area contributed by atoms with Crippen LogP contribution in [0.2, 0.25) is 0 Å². The number of carbonyl (C=O) groups excluding carboxylic acids is 4. The van der Waals surface area contributed by atoms with E-state index in [1.165, 1.54) is 37.5 Å². The Morgan fingerprint density at radius 2 is 1.36 bits per heavy atom. The molecule has 286 valence electrons. The Balaban J connectivity index is 0.904. The highest BCUT2D eigenvalue weighted by Gasteiger charge is 2.33. The maximum atomic E-state index is 14.9. The number of nitrogens with zero attached hydrogens (tertiary/aromatic N) is 5. The Labute approximate surface area is 312 Å². The van der Waals surface area contributed by atoms with Gasteiger partial charge in [-0.1, -0.05) is 43.5 Å². The zero-order valence-corrected chi connectivity index (χ0v) is 30.8. The van der Waals surface area contributed by atoms with E-state index in [2.05, 4.69) is 9.80 Å². The van der Waals surface area contributed by atoms with Crippen molar-refractivity contribution in [2.24, 2.45) is 23.3 Å². The molecule has 5 N–H and O–H groups in total. The number of amides is 4. The van der Waals surface area contributed by atoms with Crippen molar-refractivity contribution in [3.63, 3.8) is 0 Å². The van der Waals surface area contributed by atoms with Crippen molar-refractivity contribution >= 4 is 29.3 Å². The van der Waals surface area contributed by atoms with Crippen LogP contribution in [0.5, 0.6) is 0 Å². The molecule has 2 aromatic carbocycles. The molecule has 1 saturated carbocycles. The summed E-state index contributed by atoms with van der Waals surface area (Å²) in [5, 5.41) is 8.55. The topological polar surface area (TPSA) is 160 Å². The van der Waals surface area contributed by atoms with E-state index in [-0.39, 0.29) is 41.1 Å². The molecule has 12 nitrogen and oxygen atoms in total. The van der Waals surface area contributed by atoms with Crippen LogP contribution in [0.15, 0.2) is 42.5 Å². The number of hydrogen-bond donors (Lipinski definition) is 3. The van der Waals surface area contributed by atoms with E-state index in [1.54, 1.807) is 34.1 Å². The van der Waals surface area contributed by atoms with E-state index in [0.29, 0.717) is 55.7 Å². The van der Waals surface area contributed by atoms with Crippen molar-refractivity contribution in [3.05, 3.63) is 70.5 Å². The summed E-state index contributed by atoms with van der Waals surface area (Å²) in [6, 6.07) is 10.5. The number of rotatable bonds is 11. The van der Waals surface area contributed by atoms with E-state index >= 15 is 0 Å². The van der Waals surface area contributed by atoms with Gasteiger partial charge in [0.15, 0.2) is 0 Å². The minimum atomic E-state index is -0.642. The molecule has 0 radical (unpaired) electrons. The van der Waals surface area contributed by atoms with Gasteiger partial charge in [0, 0.05) is 82.2 Å². The number of primary amides is 1. The number of benzene rings is 2. The highest BCUT2D eigenvalue weighted by atomic mass is 19.1. The summed E-state index contributed by atoms with van der Waals surface area (Å²) in [4.78, 5) is 61.6. The van der Waals surface area contributed by atoms with Crippen molar-refractivity contribution in [2.45, 2.75) is 57.4 Å². The highest BCUT2D eigenvalue weighted by molar-refractivity contribution is 6.09. The Bertz CT molecular complexity index is 1640. The first-order chi connectivity index (χ1) is 25.6. The molecular weight excluding hydrogens is 675 g/mol. The summed E-state index contributed by atoms with van der Waals surface area (Å²) in [5.74, 6) is -0.649. The van der Waals surface area contributed by atoms with Crippen molar-refractivity contribution in [2.75, 3.05) is 78.5 Å². The largest absolute Gasteiger partial charge is 0.366 e. The van der Waals surface area contributed by atoms with Gasteiger partial charge in [-0.3, -0.25) is 29.0 Å². The van der Waals surface area contributed by atoms with E-state index < -0.39 is 17.6 Å². The van der Waals surface area contributed by atoms with Crippen LogP contribution in [0.4, 0.5) is 4.39 Å². The van der Waals surface area contributed by atoms with Crippen molar-refractivity contribution in [1.82, 2.24) is 24.5 Å². The maximum absolute atomic E-state index is 14.9. The lowest BCUT2D eigenvalue weighted by atomic mass is 9.83. The number of nitrogens with two attached hydrogens (primary N) is 2. The van der Waals surface area contributed by atoms with E-state index in [9.17, 15) is 23.6 Å². The zero-order valence-electron chi connectivity index (χ0n) is 30.8. The zero-order chi connectivity index (χ0) is 37.5. The quantitative estimate of drug-likeness (QED) is 0.300. The maximum Gasteiger partial charge on any atom is 0.256 e. The second-order valence-electron chi connectivity index (χ2n) is 15.3. The van der Waals surface area contributed by atoms with E-state index in [0.717, 1.165) is 71.5 Å². The lowest BCUT2D eigenvalue weighted by Crippen LogP contribution is -2.56. The van der Waals surface area contributed by atoms with Crippen molar-refractivity contribution in [3.8, 4) is 0 Å². The molecule has 4 aliphatic rings. The molecule has 2 aromatic rings. The summed E-state index contributed by atoms with van der Waals surface area (Å²) < 4.78 is 14.9. The van der Waals surface area contributed by atoms with Gasteiger partial charge < -0.3 is 31.6 Å².